The predicted octanol–water partition coefficient (Wildman–Crippen LogP) is 3.49. The molecule has 1 aliphatic heterocycles. The molecule has 2 heterocycles. The number of hydrogen-bond acceptors (Lipinski definition) is 3. The van der Waals surface area contributed by atoms with Crippen molar-refractivity contribution >= 4 is 34.9 Å². The Morgan fingerprint density at radius 2 is 1.83 bits per heavy atom. The molecule has 1 aromatic carbocycles. The minimum Gasteiger partial charge on any atom is -0.353 e. The first-order valence-electron chi connectivity index (χ1n) is 7.16. The molecule has 3 rings (SSSR count). The molecule has 2 aromatic rings. The second kappa shape index (κ2) is 6.72. The maximum Gasteiger partial charge on any atom is 0.257 e. The number of amides is 1. The zero-order valence-corrected chi connectivity index (χ0v) is 13.7. The van der Waals surface area contributed by atoms with E-state index in [9.17, 15) is 9.18 Å². The van der Waals surface area contributed by atoms with E-state index >= 15 is 0 Å². The van der Waals surface area contributed by atoms with E-state index in [1.807, 2.05) is 17.0 Å². The molecule has 1 amide bonds. The third-order valence-corrected chi connectivity index (χ3v) is 4.20. The summed E-state index contributed by atoms with van der Waals surface area (Å²) in [5, 5.41) is 0.776. The minimum absolute atomic E-state index is 0.00632. The minimum atomic E-state index is -0.557. The van der Waals surface area contributed by atoms with Crippen molar-refractivity contribution in [1.82, 2.24) is 9.88 Å². The average molecular weight is 354 g/mol. The summed E-state index contributed by atoms with van der Waals surface area (Å²) in [5.74, 6) is -0.124. The van der Waals surface area contributed by atoms with Crippen LogP contribution in [0.2, 0.25) is 10.2 Å². The van der Waals surface area contributed by atoms with Crippen molar-refractivity contribution in [3.63, 3.8) is 0 Å². The fraction of sp³-hybridized carbons (Fsp3) is 0.250. The molecule has 4 nitrogen and oxygen atoms in total. The van der Waals surface area contributed by atoms with Crippen LogP contribution in [-0.2, 0) is 0 Å². The summed E-state index contributed by atoms with van der Waals surface area (Å²) in [7, 11) is 0. The summed E-state index contributed by atoms with van der Waals surface area (Å²) < 4.78 is 13.8. The largest absolute Gasteiger partial charge is 0.353 e. The highest BCUT2D eigenvalue weighted by Crippen LogP contribution is 2.20. The monoisotopic (exact) mass is 353 g/mol. The Hall–Kier alpha value is -1.85. The second-order valence-corrected chi connectivity index (χ2v) is 6.05. The van der Waals surface area contributed by atoms with Crippen molar-refractivity contribution < 1.29 is 9.18 Å². The van der Waals surface area contributed by atoms with Gasteiger partial charge in [0.15, 0.2) is 0 Å². The lowest BCUT2D eigenvalue weighted by Gasteiger charge is -2.35. The first-order chi connectivity index (χ1) is 11.0. The van der Waals surface area contributed by atoms with Crippen LogP contribution in [0.15, 0.2) is 36.4 Å². The third kappa shape index (κ3) is 3.57. The molecule has 0 atom stereocenters. The van der Waals surface area contributed by atoms with Crippen molar-refractivity contribution in [2.75, 3.05) is 31.1 Å². The van der Waals surface area contributed by atoms with Gasteiger partial charge in [-0.3, -0.25) is 4.79 Å². The molecule has 0 unspecified atom stereocenters. The summed E-state index contributed by atoms with van der Waals surface area (Å²) in [5.41, 5.74) is 0.00632. The van der Waals surface area contributed by atoms with Crippen molar-refractivity contribution in [2.24, 2.45) is 0 Å². The number of benzene rings is 1. The van der Waals surface area contributed by atoms with Crippen LogP contribution in [0.25, 0.3) is 0 Å². The molecule has 1 fully saturated rings. The van der Waals surface area contributed by atoms with E-state index in [-0.39, 0.29) is 11.5 Å². The fourth-order valence-electron chi connectivity index (χ4n) is 2.54. The van der Waals surface area contributed by atoms with Crippen LogP contribution in [0.3, 0.4) is 0 Å². The van der Waals surface area contributed by atoms with Crippen LogP contribution >= 0.6 is 23.2 Å². The van der Waals surface area contributed by atoms with Gasteiger partial charge in [-0.2, -0.15) is 0 Å². The first kappa shape index (κ1) is 16.0. The van der Waals surface area contributed by atoms with Gasteiger partial charge in [-0.1, -0.05) is 29.3 Å². The van der Waals surface area contributed by atoms with E-state index in [0.29, 0.717) is 36.4 Å². The van der Waals surface area contributed by atoms with Crippen molar-refractivity contribution in [3.8, 4) is 0 Å². The molecule has 0 saturated carbocycles. The van der Waals surface area contributed by atoms with E-state index in [0.717, 1.165) is 5.82 Å². The highest BCUT2D eigenvalue weighted by atomic mass is 35.5. The van der Waals surface area contributed by atoms with E-state index in [2.05, 4.69) is 4.98 Å². The highest BCUT2D eigenvalue weighted by Gasteiger charge is 2.24. The van der Waals surface area contributed by atoms with Gasteiger partial charge in [0.05, 0.1) is 5.56 Å². The van der Waals surface area contributed by atoms with Crippen LogP contribution in [0.1, 0.15) is 10.4 Å². The molecule has 23 heavy (non-hydrogen) atoms. The van der Waals surface area contributed by atoms with Crippen LogP contribution < -0.4 is 4.90 Å². The van der Waals surface area contributed by atoms with Crippen molar-refractivity contribution in [2.45, 2.75) is 0 Å². The second-order valence-electron chi connectivity index (χ2n) is 5.22. The number of nitrogens with zero attached hydrogens (tertiary/aromatic N) is 3. The third-order valence-electron chi connectivity index (χ3n) is 3.75. The Morgan fingerprint density at radius 1 is 1.09 bits per heavy atom. The van der Waals surface area contributed by atoms with Crippen molar-refractivity contribution in [1.29, 1.82) is 0 Å². The van der Waals surface area contributed by atoms with Crippen molar-refractivity contribution in [3.05, 3.63) is 58.0 Å². The summed E-state index contributed by atoms with van der Waals surface area (Å²) in [6, 6.07) is 9.43. The van der Waals surface area contributed by atoms with E-state index < -0.39 is 5.82 Å². The number of aromatic nitrogens is 1. The molecule has 1 aliphatic rings. The summed E-state index contributed by atoms with van der Waals surface area (Å²) >= 11 is 11.8. The lowest BCUT2D eigenvalue weighted by Crippen LogP contribution is -2.49. The van der Waals surface area contributed by atoms with Gasteiger partial charge in [0.1, 0.15) is 16.8 Å². The molecule has 0 aliphatic carbocycles. The van der Waals surface area contributed by atoms with Gasteiger partial charge < -0.3 is 9.80 Å². The number of rotatable bonds is 2. The SMILES string of the molecule is O=C(c1cc(Cl)ccc1F)N1CCN(c2cccc(Cl)n2)CC1. The number of carbonyl (C=O) groups excluding carboxylic acids is 1. The standard InChI is InChI=1S/C16H14Cl2FN3O/c17-11-4-5-13(19)12(10-11)16(23)22-8-6-21(7-9-22)15-3-1-2-14(18)20-15/h1-5,10H,6-9H2. The fourth-order valence-corrected chi connectivity index (χ4v) is 2.88. The molecule has 0 bridgehead atoms. The molecular weight excluding hydrogens is 340 g/mol. The lowest BCUT2D eigenvalue weighted by molar-refractivity contribution is 0.0742. The molecule has 0 spiro atoms. The smallest absolute Gasteiger partial charge is 0.257 e. The molecular formula is C16H14Cl2FN3O. The zero-order valence-electron chi connectivity index (χ0n) is 12.2. The van der Waals surface area contributed by atoms with Gasteiger partial charge >= 0.3 is 0 Å². The molecule has 0 radical (unpaired) electrons. The number of piperazine rings is 1. The van der Waals surface area contributed by atoms with Crippen LogP contribution in [0.5, 0.6) is 0 Å². The number of pyridine rings is 1. The highest BCUT2D eigenvalue weighted by molar-refractivity contribution is 6.31. The summed E-state index contributed by atoms with van der Waals surface area (Å²) in [6.45, 7) is 2.19. The summed E-state index contributed by atoms with van der Waals surface area (Å²) in [4.78, 5) is 20.4. The number of carbonyl (C=O) groups is 1. The Balaban J connectivity index is 1.69. The van der Waals surface area contributed by atoms with Gasteiger partial charge in [0.2, 0.25) is 0 Å². The maximum absolute atomic E-state index is 13.8. The molecule has 1 saturated heterocycles. The lowest BCUT2D eigenvalue weighted by atomic mass is 10.1. The number of hydrogen-bond donors (Lipinski definition) is 0. The number of halogens is 3. The van der Waals surface area contributed by atoms with E-state index in [4.69, 9.17) is 23.2 Å². The van der Waals surface area contributed by atoms with E-state index in [1.54, 1.807) is 11.0 Å². The van der Waals surface area contributed by atoms with Gasteiger partial charge in [0, 0.05) is 31.2 Å². The molecule has 7 heteroatoms. The normalized spacial score (nSPS) is 14.9. The predicted molar refractivity (Wildman–Crippen MR) is 88.8 cm³/mol. The average Bonchev–Trinajstić information content (AvgIpc) is 2.56. The van der Waals surface area contributed by atoms with Gasteiger partial charge in [-0.15, -0.1) is 0 Å². The Bertz CT molecular complexity index is 733. The van der Waals surface area contributed by atoms with Gasteiger partial charge in [-0.05, 0) is 30.3 Å². The number of anilines is 1. The maximum atomic E-state index is 13.8. The van der Waals surface area contributed by atoms with E-state index in [1.165, 1.54) is 18.2 Å². The molecule has 1 aromatic heterocycles. The van der Waals surface area contributed by atoms with Gasteiger partial charge in [-0.25, -0.2) is 9.37 Å². The topological polar surface area (TPSA) is 36.4 Å². The molecule has 0 N–H and O–H groups in total. The van der Waals surface area contributed by atoms with Gasteiger partial charge in [0.25, 0.3) is 5.91 Å². The Morgan fingerprint density at radius 3 is 2.52 bits per heavy atom. The zero-order chi connectivity index (χ0) is 16.4. The Kier molecular flexibility index (Phi) is 4.68. The Labute approximate surface area is 143 Å². The summed E-state index contributed by atoms with van der Waals surface area (Å²) in [6.07, 6.45) is 0. The molecule has 120 valence electrons. The first-order valence-corrected chi connectivity index (χ1v) is 7.92. The van der Waals surface area contributed by atoms with Crippen LogP contribution in [-0.4, -0.2) is 42.0 Å². The van der Waals surface area contributed by atoms with Crippen LogP contribution in [0.4, 0.5) is 10.2 Å². The van der Waals surface area contributed by atoms with Crippen LogP contribution in [0, 0.1) is 5.82 Å². The quantitative estimate of drug-likeness (QED) is 0.775.